The third-order valence-electron chi connectivity index (χ3n) is 5.88. The molecule has 1 aromatic carbocycles. The Morgan fingerprint density at radius 3 is 2.73 bits per heavy atom. The van der Waals surface area contributed by atoms with Crippen LogP contribution in [-0.4, -0.2) is 42.7 Å². The summed E-state index contributed by atoms with van der Waals surface area (Å²) in [7, 11) is 1.54. The first-order valence-corrected chi connectivity index (χ1v) is 10.7. The molecule has 0 aliphatic carbocycles. The number of fused-ring (bicyclic) bond motifs is 1. The van der Waals surface area contributed by atoms with Crippen molar-refractivity contribution < 1.29 is 4.92 Å². The van der Waals surface area contributed by atoms with Crippen molar-refractivity contribution in [2.75, 3.05) is 18.0 Å². The van der Waals surface area contributed by atoms with Crippen LogP contribution in [0.2, 0.25) is 0 Å². The van der Waals surface area contributed by atoms with Crippen LogP contribution in [0, 0.1) is 22.0 Å². The number of nitrogens with zero attached hydrogens (tertiary/aromatic N) is 6. The maximum absolute atomic E-state index is 13.6. The van der Waals surface area contributed by atoms with E-state index in [0.29, 0.717) is 12.5 Å². The quantitative estimate of drug-likeness (QED) is 0.344. The van der Waals surface area contributed by atoms with E-state index in [1.165, 1.54) is 23.7 Å². The Labute approximate surface area is 189 Å². The molecule has 0 radical (unpaired) electrons. The van der Waals surface area contributed by atoms with Gasteiger partial charge in [0.15, 0.2) is 11.2 Å². The zero-order chi connectivity index (χ0) is 23.7. The third kappa shape index (κ3) is 4.01. The minimum Gasteiger partial charge on any atom is -0.341 e. The second-order valence-electron chi connectivity index (χ2n) is 8.06. The van der Waals surface area contributed by atoms with Gasteiger partial charge < -0.3 is 10.6 Å². The summed E-state index contributed by atoms with van der Waals surface area (Å²) in [5.74, 6) is 6.35. The summed E-state index contributed by atoms with van der Waals surface area (Å²) < 4.78 is 4.02. The second kappa shape index (κ2) is 8.91. The molecule has 11 heteroatoms. The lowest BCUT2D eigenvalue weighted by Crippen LogP contribution is -2.44. The van der Waals surface area contributed by atoms with Gasteiger partial charge in [0.1, 0.15) is 0 Å². The van der Waals surface area contributed by atoms with Gasteiger partial charge in [0, 0.05) is 37.8 Å². The molecule has 1 atom stereocenters. The lowest BCUT2D eigenvalue weighted by Gasteiger charge is -2.31. The van der Waals surface area contributed by atoms with Gasteiger partial charge >= 0.3 is 5.69 Å². The number of hydrogen-bond donors (Lipinski definition) is 1. The average molecular weight is 451 g/mol. The largest absolute Gasteiger partial charge is 0.341 e. The summed E-state index contributed by atoms with van der Waals surface area (Å²) in [4.78, 5) is 44.2. The Bertz CT molecular complexity index is 1410. The van der Waals surface area contributed by atoms with Crippen molar-refractivity contribution in [2.45, 2.75) is 38.9 Å². The molecule has 11 nitrogen and oxygen atoms in total. The maximum atomic E-state index is 13.6. The predicted molar refractivity (Wildman–Crippen MR) is 124 cm³/mol. The summed E-state index contributed by atoms with van der Waals surface area (Å²) in [5.41, 5.74) is 5.58. The molecule has 3 heterocycles. The molecule has 1 aliphatic rings. The monoisotopic (exact) mass is 451 g/mol. The van der Waals surface area contributed by atoms with Crippen LogP contribution in [0.1, 0.15) is 25.3 Å². The van der Waals surface area contributed by atoms with Crippen molar-refractivity contribution in [2.24, 2.45) is 12.8 Å². The van der Waals surface area contributed by atoms with E-state index in [0.717, 1.165) is 24.0 Å². The number of piperidine rings is 1. The number of para-hydroxylation sites is 1. The molecule has 3 aromatic rings. The van der Waals surface area contributed by atoms with E-state index in [9.17, 15) is 19.7 Å². The van der Waals surface area contributed by atoms with E-state index >= 15 is 0 Å². The molecule has 33 heavy (non-hydrogen) atoms. The third-order valence-corrected chi connectivity index (χ3v) is 5.88. The number of aromatic nitrogens is 4. The van der Waals surface area contributed by atoms with Gasteiger partial charge in [-0.1, -0.05) is 24.1 Å². The average Bonchev–Trinajstić information content (AvgIpc) is 3.19. The van der Waals surface area contributed by atoms with Crippen LogP contribution in [0.3, 0.4) is 0 Å². The maximum Gasteiger partial charge on any atom is 0.332 e. The zero-order valence-electron chi connectivity index (χ0n) is 18.5. The number of nitrogens with two attached hydrogens (primary N) is 1. The highest BCUT2D eigenvalue weighted by atomic mass is 16.6. The van der Waals surface area contributed by atoms with Gasteiger partial charge in [-0.2, -0.15) is 4.98 Å². The number of nitro benzene ring substituents is 1. The molecule has 0 spiro atoms. The molecule has 0 saturated carbocycles. The summed E-state index contributed by atoms with van der Waals surface area (Å²) in [6.45, 7) is 3.01. The molecule has 172 valence electrons. The summed E-state index contributed by atoms with van der Waals surface area (Å²) in [6.07, 6.45) is 1.80. The highest BCUT2D eigenvalue weighted by molar-refractivity contribution is 5.75. The zero-order valence-corrected chi connectivity index (χ0v) is 18.5. The molecule has 1 saturated heterocycles. The fraction of sp³-hybridized carbons (Fsp3) is 0.409. The first kappa shape index (κ1) is 22.3. The van der Waals surface area contributed by atoms with Gasteiger partial charge in [0.2, 0.25) is 5.95 Å². The molecular weight excluding hydrogens is 426 g/mol. The summed E-state index contributed by atoms with van der Waals surface area (Å²) in [5, 5.41) is 11.4. The number of rotatable bonds is 5. The highest BCUT2D eigenvalue weighted by Gasteiger charge is 2.26. The Morgan fingerprint density at radius 2 is 2.03 bits per heavy atom. The summed E-state index contributed by atoms with van der Waals surface area (Å²) in [6, 6.07) is 6.05. The normalized spacial score (nSPS) is 16.0. The van der Waals surface area contributed by atoms with Gasteiger partial charge in [-0.05, 0) is 19.8 Å². The number of aryl methyl sites for hydroxylation is 1. The van der Waals surface area contributed by atoms with Crippen molar-refractivity contribution in [1.82, 2.24) is 18.7 Å². The first-order chi connectivity index (χ1) is 15.8. The van der Waals surface area contributed by atoms with Crippen molar-refractivity contribution in [3.63, 3.8) is 0 Å². The Kier molecular flexibility index (Phi) is 6.02. The molecular formula is C22H25N7O4. The van der Waals surface area contributed by atoms with Crippen LogP contribution in [0.4, 0.5) is 11.6 Å². The van der Waals surface area contributed by atoms with Gasteiger partial charge in [-0.15, -0.1) is 5.92 Å². The minimum atomic E-state index is -0.598. The molecule has 1 aliphatic heterocycles. The first-order valence-electron chi connectivity index (χ1n) is 10.7. The number of anilines is 1. The Balaban J connectivity index is 1.94. The van der Waals surface area contributed by atoms with Crippen LogP contribution in [0.25, 0.3) is 11.2 Å². The Hall–Kier alpha value is -3.91. The molecule has 2 aromatic heterocycles. The SMILES string of the molecule is CC#CCn1c(N2CCC[C@@H](N)C2)nc2c1c(=O)n(Cc1ccccc1[N+](=O)[O-])c(=O)n2C. The molecule has 0 bridgehead atoms. The molecule has 1 fully saturated rings. The number of hydrogen-bond acceptors (Lipinski definition) is 7. The van der Waals surface area contributed by atoms with E-state index in [1.807, 2.05) is 4.90 Å². The van der Waals surface area contributed by atoms with Gasteiger partial charge in [0.25, 0.3) is 11.2 Å². The van der Waals surface area contributed by atoms with Gasteiger partial charge in [-0.3, -0.25) is 28.6 Å². The van der Waals surface area contributed by atoms with Crippen molar-refractivity contribution in [3.8, 4) is 11.8 Å². The van der Waals surface area contributed by atoms with Crippen molar-refractivity contribution >= 4 is 22.8 Å². The number of imidazole rings is 1. The standard InChI is InChI=1S/C22H25N7O4/c1-3-4-12-27-18-19(24-21(27)26-11-7-9-16(23)14-26)25(2)22(31)28(20(18)30)13-15-8-5-6-10-17(15)29(32)33/h5-6,8,10,16H,7,9,11-14,23H2,1-2H3/t16-/m1/s1. The smallest absolute Gasteiger partial charge is 0.332 e. The van der Waals surface area contributed by atoms with Crippen LogP contribution in [-0.2, 0) is 20.1 Å². The fourth-order valence-electron chi connectivity index (χ4n) is 4.23. The lowest BCUT2D eigenvalue weighted by molar-refractivity contribution is -0.385. The molecule has 4 rings (SSSR count). The summed E-state index contributed by atoms with van der Waals surface area (Å²) >= 11 is 0. The van der Waals surface area contributed by atoms with Crippen LogP contribution >= 0.6 is 0 Å². The Morgan fingerprint density at radius 1 is 1.27 bits per heavy atom. The topological polar surface area (TPSA) is 134 Å². The minimum absolute atomic E-state index is 0.0108. The predicted octanol–water partition coefficient (Wildman–Crippen LogP) is 0.804. The highest BCUT2D eigenvalue weighted by Crippen LogP contribution is 2.23. The van der Waals surface area contributed by atoms with Crippen LogP contribution < -0.4 is 21.9 Å². The molecule has 2 N–H and O–H groups in total. The van der Waals surface area contributed by atoms with Crippen molar-refractivity contribution in [1.29, 1.82) is 0 Å². The lowest BCUT2D eigenvalue weighted by atomic mass is 10.1. The van der Waals surface area contributed by atoms with E-state index in [-0.39, 0.29) is 41.5 Å². The molecule has 0 unspecified atom stereocenters. The second-order valence-corrected chi connectivity index (χ2v) is 8.06. The fourth-order valence-corrected chi connectivity index (χ4v) is 4.23. The van der Waals surface area contributed by atoms with Crippen LogP contribution in [0.5, 0.6) is 0 Å². The number of benzene rings is 1. The molecule has 0 amide bonds. The van der Waals surface area contributed by atoms with Gasteiger partial charge in [-0.25, -0.2) is 4.79 Å². The van der Waals surface area contributed by atoms with Crippen molar-refractivity contribution in [3.05, 3.63) is 60.8 Å². The van der Waals surface area contributed by atoms with E-state index in [1.54, 1.807) is 23.6 Å². The van der Waals surface area contributed by atoms with E-state index < -0.39 is 16.2 Å². The van der Waals surface area contributed by atoms with E-state index in [4.69, 9.17) is 5.73 Å². The van der Waals surface area contributed by atoms with E-state index in [2.05, 4.69) is 16.8 Å². The number of nitro groups is 1. The van der Waals surface area contributed by atoms with Gasteiger partial charge in [0.05, 0.1) is 18.0 Å². The van der Waals surface area contributed by atoms with Crippen LogP contribution in [0.15, 0.2) is 33.9 Å².